The van der Waals surface area contributed by atoms with Gasteiger partial charge in [-0.15, -0.1) is 15.3 Å². The Morgan fingerprint density at radius 1 is 1.08 bits per heavy atom. The molecule has 0 unspecified atom stereocenters. The zero-order chi connectivity index (χ0) is 17.2. The average Bonchev–Trinajstić information content (AvgIpc) is 3.15. The Balaban J connectivity index is 1.46. The van der Waals surface area contributed by atoms with Gasteiger partial charge in [-0.1, -0.05) is 12.1 Å². The number of anilines is 1. The molecule has 0 spiro atoms. The van der Waals surface area contributed by atoms with Gasteiger partial charge in [0.2, 0.25) is 0 Å². The van der Waals surface area contributed by atoms with Crippen LogP contribution in [0.15, 0.2) is 42.7 Å². The van der Waals surface area contributed by atoms with Gasteiger partial charge in [-0.3, -0.25) is 4.79 Å². The molecule has 0 aliphatic carbocycles. The second-order valence-corrected chi connectivity index (χ2v) is 5.80. The third kappa shape index (κ3) is 2.86. The number of methoxy groups -OCH3 is 1. The van der Waals surface area contributed by atoms with Gasteiger partial charge in [-0.2, -0.15) is 4.52 Å². The third-order valence-electron chi connectivity index (χ3n) is 4.38. The molecule has 0 atom stereocenters. The summed E-state index contributed by atoms with van der Waals surface area (Å²) in [7, 11) is 1.58. The van der Waals surface area contributed by atoms with Gasteiger partial charge >= 0.3 is 0 Å². The highest BCUT2D eigenvalue weighted by Gasteiger charge is 2.24. The van der Waals surface area contributed by atoms with E-state index in [0.29, 0.717) is 30.0 Å². The lowest BCUT2D eigenvalue weighted by molar-refractivity contribution is 0.0743. The van der Waals surface area contributed by atoms with Crippen LogP contribution < -0.4 is 9.64 Å². The van der Waals surface area contributed by atoms with Crippen molar-refractivity contribution in [1.82, 2.24) is 24.7 Å². The van der Waals surface area contributed by atoms with Crippen LogP contribution in [-0.4, -0.2) is 63.9 Å². The van der Waals surface area contributed by atoms with Gasteiger partial charge in [0.25, 0.3) is 5.91 Å². The first kappa shape index (κ1) is 15.4. The lowest BCUT2D eigenvalue weighted by Gasteiger charge is -2.35. The summed E-state index contributed by atoms with van der Waals surface area (Å²) in [5.74, 6) is 1.46. The molecule has 0 bridgehead atoms. The number of hydrogen-bond donors (Lipinski definition) is 0. The predicted molar refractivity (Wildman–Crippen MR) is 91.9 cm³/mol. The van der Waals surface area contributed by atoms with Gasteiger partial charge in [0.1, 0.15) is 17.9 Å². The number of piperazine rings is 1. The largest absolute Gasteiger partial charge is 0.496 e. The van der Waals surface area contributed by atoms with E-state index in [4.69, 9.17) is 4.74 Å². The number of nitrogens with zero attached hydrogens (tertiary/aromatic N) is 6. The standard InChI is InChI=1S/C17H18N6O2/c1-25-14-5-3-2-4-13(14)17(24)22-10-8-21(9-11-22)16-7-6-15-19-18-12-23(15)20-16/h2-7,12H,8-11H2,1H3. The molecular formula is C17H18N6O2. The fraction of sp³-hybridized carbons (Fsp3) is 0.294. The van der Waals surface area contributed by atoms with Crippen molar-refractivity contribution in [1.29, 1.82) is 0 Å². The minimum atomic E-state index is -0.000629. The number of amides is 1. The SMILES string of the molecule is COc1ccccc1C(=O)N1CCN(c2ccc3nncn3n2)CC1. The van der Waals surface area contributed by atoms with E-state index in [2.05, 4.69) is 20.2 Å². The highest BCUT2D eigenvalue weighted by Crippen LogP contribution is 2.21. The van der Waals surface area contributed by atoms with E-state index in [-0.39, 0.29) is 5.91 Å². The lowest BCUT2D eigenvalue weighted by Crippen LogP contribution is -2.49. The Kier molecular flexibility index (Phi) is 3.93. The Morgan fingerprint density at radius 2 is 1.88 bits per heavy atom. The molecule has 1 amide bonds. The summed E-state index contributed by atoms with van der Waals surface area (Å²) in [6.45, 7) is 2.72. The molecule has 1 aromatic carbocycles. The molecule has 8 nitrogen and oxygen atoms in total. The van der Waals surface area contributed by atoms with Gasteiger partial charge in [-0.05, 0) is 24.3 Å². The molecule has 128 valence electrons. The zero-order valence-electron chi connectivity index (χ0n) is 13.9. The topological polar surface area (TPSA) is 75.9 Å². The van der Waals surface area contributed by atoms with E-state index >= 15 is 0 Å². The van der Waals surface area contributed by atoms with Crippen LogP contribution in [0, 0.1) is 0 Å². The molecule has 25 heavy (non-hydrogen) atoms. The minimum Gasteiger partial charge on any atom is -0.496 e. The van der Waals surface area contributed by atoms with Crippen LogP contribution in [0.5, 0.6) is 5.75 Å². The van der Waals surface area contributed by atoms with Crippen LogP contribution in [-0.2, 0) is 0 Å². The Labute approximate surface area is 144 Å². The van der Waals surface area contributed by atoms with Crippen molar-refractivity contribution in [3.8, 4) is 5.75 Å². The Hall–Kier alpha value is -3.16. The van der Waals surface area contributed by atoms with E-state index < -0.39 is 0 Å². The number of ether oxygens (including phenoxy) is 1. The maximum atomic E-state index is 12.8. The fourth-order valence-corrected chi connectivity index (χ4v) is 3.02. The first-order valence-electron chi connectivity index (χ1n) is 8.10. The number of para-hydroxylation sites is 1. The summed E-state index contributed by atoms with van der Waals surface area (Å²) in [6.07, 6.45) is 1.58. The molecule has 8 heteroatoms. The highest BCUT2D eigenvalue weighted by molar-refractivity contribution is 5.97. The summed E-state index contributed by atoms with van der Waals surface area (Å²) >= 11 is 0. The second kappa shape index (κ2) is 6.39. The van der Waals surface area contributed by atoms with Gasteiger partial charge in [-0.25, -0.2) is 0 Å². The van der Waals surface area contributed by atoms with Gasteiger partial charge < -0.3 is 14.5 Å². The summed E-state index contributed by atoms with van der Waals surface area (Å²) in [5.41, 5.74) is 1.32. The first-order chi connectivity index (χ1) is 12.3. The van der Waals surface area contributed by atoms with Crippen LogP contribution in [0.25, 0.3) is 5.65 Å². The van der Waals surface area contributed by atoms with Crippen molar-refractivity contribution in [3.05, 3.63) is 48.3 Å². The molecule has 1 saturated heterocycles. The summed E-state index contributed by atoms with van der Waals surface area (Å²) in [5, 5.41) is 12.3. The molecule has 0 saturated carbocycles. The molecule has 4 rings (SSSR count). The number of rotatable bonds is 3. The molecule has 0 N–H and O–H groups in total. The van der Waals surface area contributed by atoms with Crippen molar-refractivity contribution in [2.24, 2.45) is 0 Å². The predicted octanol–water partition coefficient (Wildman–Crippen LogP) is 1.10. The van der Waals surface area contributed by atoms with Crippen LogP contribution in [0.4, 0.5) is 5.82 Å². The first-order valence-corrected chi connectivity index (χ1v) is 8.10. The molecule has 1 aliphatic heterocycles. The Bertz CT molecular complexity index is 901. The molecule has 1 aliphatic rings. The quantitative estimate of drug-likeness (QED) is 0.712. The second-order valence-electron chi connectivity index (χ2n) is 5.80. The average molecular weight is 338 g/mol. The van der Waals surface area contributed by atoms with Gasteiger partial charge in [0.15, 0.2) is 5.65 Å². The van der Waals surface area contributed by atoms with E-state index in [9.17, 15) is 4.79 Å². The number of carbonyl (C=O) groups is 1. The van der Waals surface area contributed by atoms with E-state index in [1.807, 2.05) is 35.2 Å². The number of hydrogen-bond acceptors (Lipinski definition) is 6. The summed E-state index contributed by atoms with van der Waals surface area (Å²) in [6, 6.07) is 11.1. The third-order valence-corrected chi connectivity index (χ3v) is 4.38. The summed E-state index contributed by atoms with van der Waals surface area (Å²) < 4.78 is 6.95. The van der Waals surface area contributed by atoms with Crippen molar-refractivity contribution in [2.75, 3.05) is 38.2 Å². The fourth-order valence-electron chi connectivity index (χ4n) is 3.02. The van der Waals surface area contributed by atoms with Crippen molar-refractivity contribution < 1.29 is 9.53 Å². The van der Waals surface area contributed by atoms with Crippen molar-refractivity contribution in [3.63, 3.8) is 0 Å². The number of carbonyl (C=O) groups excluding carboxylic acids is 1. The zero-order valence-corrected chi connectivity index (χ0v) is 13.9. The van der Waals surface area contributed by atoms with E-state index in [0.717, 1.165) is 18.9 Å². The van der Waals surface area contributed by atoms with Crippen molar-refractivity contribution in [2.45, 2.75) is 0 Å². The van der Waals surface area contributed by atoms with Crippen molar-refractivity contribution >= 4 is 17.4 Å². The van der Waals surface area contributed by atoms with E-state index in [1.165, 1.54) is 0 Å². The van der Waals surface area contributed by atoms with Crippen LogP contribution >= 0.6 is 0 Å². The molecule has 3 aromatic rings. The molecule has 3 heterocycles. The van der Waals surface area contributed by atoms with Gasteiger partial charge in [0, 0.05) is 26.2 Å². The van der Waals surface area contributed by atoms with E-state index in [1.54, 1.807) is 24.0 Å². The maximum Gasteiger partial charge on any atom is 0.257 e. The number of fused-ring (bicyclic) bond motifs is 1. The molecule has 2 aromatic heterocycles. The maximum absolute atomic E-state index is 12.8. The molecular weight excluding hydrogens is 320 g/mol. The summed E-state index contributed by atoms with van der Waals surface area (Å²) in [4.78, 5) is 16.8. The Morgan fingerprint density at radius 3 is 2.68 bits per heavy atom. The number of benzene rings is 1. The monoisotopic (exact) mass is 338 g/mol. The normalized spacial score (nSPS) is 14.8. The van der Waals surface area contributed by atoms with Crippen LogP contribution in [0.2, 0.25) is 0 Å². The van der Waals surface area contributed by atoms with Crippen LogP contribution in [0.1, 0.15) is 10.4 Å². The minimum absolute atomic E-state index is 0.000629. The highest BCUT2D eigenvalue weighted by atomic mass is 16.5. The smallest absolute Gasteiger partial charge is 0.257 e. The van der Waals surface area contributed by atoms with Crippen LogP contribution in [0.3, 0.4) is 0 Å². The molecule has 1 fully saturated rings. The van der Waals surface area contributed by atoms with Gasteiger partial charge in [0.05, 0.1) is 12.7 Å². The lowest BCUT2D eigenvalue weighted by atomic mass is 10.1. The molecule has 0 radical (unpaired) electrons. The number of aromatic nitrogens is 4.